The van der Waals surface area contributed by atoms with Crippen molar-refractivity contribution < 1.29 is 4.74 Å². The maximum atomic E-state index is 5.85. The van der Waals surface area contributed by atoms with Gasteiger partial charge in [0.15, 0.2) is 0 Å². The Kier molecular flexibility index (Phi) is 4.53. The summed E-state index contributed by atoms with van der Waals surface area (Å²) in [6.45, 7) is 4.85. The van der Waals surface area contributed by atoms with Gasteiger partial charge in [-0.1, -0.05) is 26.0 Å². The topological polar surface area (TPSA) is 48.1 Å². The summed E-state index contributed by atoms with van der Waals surface area (Å²) in [4.78, 5) is 4.05. The van der Waals surface area contributed by atoms with Gasteiger partial charge in [0.1, 0.15) is 11.5 Å². The first kappa shape index (κ1) is 13.6. The van der Waals surface area contributed by atoms with Crippen LogP contribution in [0.2, 0.25) is 0 Å². The number of benzene rings is 1. The average molecular weight is 256 g/mol. The molecule has 2 aromatic rings. The number of hydrogen-bond donors (Lipinski definition) is 1. The SMILES string of the molecule is CCC(C)c1ccc(Oc2ccncc2CN)cc1. The Morgan fingerprint density at radius 3 is 2.58 bits per heavy atom. The van der Waals surface area contributed by atoms with Gasteiger partial charge in [-0.3, -0.25) is 4.98 Å². The van der Waals surface area contributed by atoms with E-state index in [-0.39, 0.29) is 0 Å². The Morgan fingerprint density at radius 2 is 1.95 bits per heavy atom. The summed E-state index contributed by atoms with van der Waals surface area (Å²) in [5, 5.41) is 0. The minimum absolute atomic E-state index is 0.425. The summed E-state index contributed by atoms with van der Waals surface area (Å²) in [7, 11) is 0. The highest BCUT2D eigenvalue weighted by Gasteiger charge is 2.05. The van der Waals surface area contributed by atoms with Crippen molar-refractivity contribution in [1.82, 2.24) is 4.98 Å². The van der Waals surface area contributed by atoms with Crippen LogP contribution < -0.4 is 10.5 Å². The van der Waals surface area contributed by atoms with Crippen molar-refractivity contribution in [1.29, 1.82) is 0 Å². The summed E-state index contributed by atoms with van der Waals surface area (Å²) in [5.74, 6) is 2.18. The maximum absolute atomic E-state index is 5.85. The molecular weight excluding hydrogens is 236 g/mol. The van der Waals surface area contributed by atoms with Crippen LogP contribution in [-0.2, 0) is 6.54 Å². The third-order valence-corrected chi connectivity index (χ3v) is 3.37. The molecule has 0 fully saturated rings. The van der Waals surface area contributed by atoms with E-state index in [2.05, 4.69) is 31.0 Å². The molecule has 0 saturated heterocycles. The Morgan fingerprint density at radius 1 is 1.21 bits per heavy atom. The second-order valence-corrected chi connectivity index (χ2v) is 4.67. The Labute approximate surface area is 114 Å². The van der Waals surface area contributed by atoms with Crippen molar-refractivity contribution in [3.05, 3.63) is 53.9 Å². The van der Waals surface area contributed by atoms with E-state index >= 15 is 0 Å². The molecule has 100 valence electrons. The van der Waals surface area contributed by atoms with E-state index in [1.54, 1.807) is 12.4 Å². The molecular formula is C16H20N2O. The Balaban J connectivity index is 2.15. The largest absolute Gasteiger partial charge is 0.457 e. The van der Waals surface area contributed by atoms with E-state index in [1.807, 2.05) is 18.2 Å². The molecule has 0 aliphatic rings. The monoisotopic (exact) mass is 256 g/mol. The number of ether oxygens (including phenoxy) is 1. The quantitative estimate of drug-likeness (QED) is 0.884. The van der Waals surface area contributed by atoms with E-state index in [0.717, 1.165) is 23.5 Å². The van der Waals surface area contributed by atoms with Gasteiger partial charge < -0.3 is 10.5 Å². The number of nitrogens with two attached hydrogens (primary N) is 1. The number of hydrogen-bond acceptors (Lipinski definition) is 3. The van der Waals surface area contributed by atoms with E-state index < -0.39 is 0 Å². The molecule has 1 atom stereocenters. The van der Waals surface area contributed by atoms with Crippen LogP contribution in [-0.4, -0.2) is 4.98 Å². The molecule has 2 rings (SSSR count). The fraction of sp³-hybridized carbons (Fsp3) is 0.312. The van der Waals surface area contributed by atoms with Crippen LogP contribution in [0.25, 0.3) is 0 Å². The van der Waals surface area contributed by atoms with Crippen LogP contribution in [0.3, 0.4) is 0 Å². The standard InChI is InChI=1S/C16H20N2O/c1-3-12(2)13-4-6-15(7-5-13)19-16-8-9-18-11-14(16)10-17/h4-9,11-12H,3,10,17H2,1-2H3. The summed E-state index contributed by atoms with van der Waals surface area (Å²) >= 11 is 0. The van der Waals surface area contributed by atoms with Gasteiger partial charge in [-0.25, -0.2) is 0 Å². The van der Waals surface area contributed by atoms with Crippen molar-refractivity contribution in [3.8, 4) is 11.5 Å². The minimum Gasteiger partial charge on any atom is -0.457 e. The number of nitrogens with zero attached hydrogens (tertiary/aromatic N) is 1. The van der Waals surface area contributed by atoms with Crippen molar-refractivity contribution in [2.24, 2.45) is 5.73 Å². The molecule has 1 aromatic heterocycles. The van der Waals surface area contributed by atoms with Gasteiger partial charge in [-0.2, -0.15) is 0 Å². The molecule has 1 heterocycles. The molecule has 2 N–H and O–H groups in total. The van der Waals surface area contributed by atoms with Crippen molar-refractivity contribution in [2.45, 2.75) is 32.7 Å². The second-order valence-electron chi connectivity index (χ2n) is 4.67. The highest BCUT2D eigenvalue weighted by atomic mass is 16.5. The molecule has 0 bridgehead atoms. The Bertz CT molecular complexity index is 523. The normalized spacial score (nSPS) is 12.2. The zero-order valence-electron chi connectivity index (χ0n) is 11.5. The lowest BCUT2D eigenvalue weighted by molar-refractivity contribution is 0.475. The third-order valence-electron chi connectivity index (χ3n) is 3.37. The molecule has 0 spiro atoms. The van der Waals surface area contributed by atoms with Crippen LogP contribution in [0.5, 0.6) is 11.5 Å². The van der Waals surface area contributed by atoms with Gasteiger partial charge in [0.05, 0.1) is 0 Å². The minimum atomic E-state index is 0.425. The number of rotatable bonds is 5. The molecule has 1 unspecified atom stereocenters. The van der Waals surface area contributed by atoms with Crippen LogP contribution in [0, 0.1) is 0 Å². The van der Waals surface area contributed by atoms with Crippen molar-refractivity contribution in [2.75, 3.05) is 0 Å². The van der Waals surface area contributed by atoms with Gasteiger partial charge in [-0.15, -0.1) is 0 Å². The molecule has 3 nitrogen and oxygen atoms in total. The van der Waals surface area contributed by atoms with E-state index in [9.17, 15) is 0 Å². The fourth-order valence-electron chi connectivity index (χ4n) is 1.89. The molecule has 0 amide bonds. The predicted molar refractivity (Wildman–Crippen MR) is 77.4 cm³/mol. The predicted octanol–water partition coefficient (Wildman–Crippen LogP) is 3.85. The zero-order chi connectivity index (χ0) is 13.7. The smallest absolute Gasteiger partial charge is 0.134 e. The molecule has 0 saturated carbocycles. The average Bonchev–Trinajstić information content (AvgIpc) is 2.48. The van der Waals surface area contributed by atoms with Gasteiger partial charge in [-0.05, 0) is 36.1 Å². The summed E-state index contributed by atoms with van der Waals surface area (Å²) in [6.07, 6.45) is 4.59. The maximum Gasteiger partial charge on any atom is 0.134 e. The van der Waals surface area contributed by atoms with Crippen LogP contribution in [0.1, 0.15) is 37.3 Å². The van der Waals surface area contributed by atoms with Gasteiger partial charge in [0, 0.05) is 24.5 Å². The highest BCUT2D eigenvalue weighted by molar-refractivity contribution is 5.37. The number of aromatic nitrogens is 1. The van der Waals surface area contributed by atoms with Gasteiger partial charge in [0.25, 0.3) is 0 Å². The summed E-state index contributed by atoms with van der Waals surface area (Å²) in [6, 6.07) is 10.1. The molecule has 19 heavy (non-hydrogen) atoms. The zero-order valence-corrected chi connectivity index (χ0v) is 11.5. The number of pyridine rings is 1. The van der Waals surface area contributed by atoms with E-state index in [4.69, 9.17) is 10.5 Å². The van der Waals surface area contributed by atoms with Gasteiger partial charge >= 0.3 is 0 Å². The summed E-state index contributed by atoms with van der Waals surface area (Å²) < 4.78 is 5.85. The lowest BCUT2D eigenvalue weighted by Gasteiger charge is -2.12. The van der Waals surface area contributed by atoms with E-state index in [0.29, 0.717) is 12.5 Å². The first-order chi connectivity index (χ1) is 9.24. The molecule has 0 aliphatic heterocycles. The van der Waals surface area contributed by atoms with Crippen molar-refractivity contribution >= 4 is 0 Å². The molecule has 1 aromatic carbocycles. The van der Waals surface area contributed by atoms with Crippen LogP contribution >= 0.6 is 0 Å². The van der Waals surface area contributed by atoms with Crippen LogP contribution in [0.4, 0.5) is 0 Å². The van der Waals surface area contributed by atoms with Crippen LogP contribution in [0.15, 0.2) is 42.7 Å². The van der Waals surface area contributed by atoms with Crippen molar-refractivity contribution in [3.63, 3.8) is 0 Å². The van der Waals surface area contributed by atoms with Gasteiger partial charge in [0.2, 0.25) is 0 Å². The summed E-state index contributed by atoms with van der Waals surface area (Å²) in [5.41, 5.74) is 7.91. The molecule has 3 heteroatoms. The Hall–Kier alpha value is -1.87. The molecule has 0 radical (unpaired) electrons. The first-order valence-corrected chi connectivity index (χ1v) is 6.65. The third kappa shape index (κ3) is 3.32. The lowest BCUT2D eigenvalue weighted by atomic mass is 9.99. The first-order valence-electron chi connectivity index (χ1n) is 6.65. The highest BCUT2D eigenvalue weighted by Crippen LogP contribution is 2.26. The molecule has 0 aliphatic carbocycles. The van der Waals surface area contributed by atoms with E-state index in [1.165, 1.54) is 5.56 Å². The fourth-order valence-corrected chi connectivity index (χ4v) is 1.89. The lowest BCUT2D eigenvalue weighted by Crippen LogP contribution is -2.00. The second kappa shape index (κ2) is 6.34.